The van der Waals surface area contributed by atoms with E-state index in [1.54, 1.807) is 12.3 Å². The number of ether oxygens (including phenoxy) is 1. The van der Waals surface area contributed by atoms with Gasteiger partial charge in [0.25, 0.3) is 5.56 Å². The summed E-state index contributed by atoms with van der Waals surface area (Å²) >= 11 is 7.96. The van der Waals surface area contributed by atoms with Crippen LogP contribution in [0.25, 0.3) is 10.9 Å². The van der Waals surface area contributed by atoms with Gasteiger partial charge in [-0.25, -0.2) is 4.98 Å². The molecule has 0 N–H and O–H groups in total. The van der Waals surface area contributed by atoms with Gasteiger partial charge in [0.2, 0.25) is 0 Å². The molecular formula is C24H18BrI2N3O2. The van der Waals surface area contributed by atoms with Gasteiger partial charge in [-0.15, -0.1) is 0 Å². The monoisotopic (exact) mass is 713 g/mol. The van der Waals surface area contributed by atoms with Gasteiger partial charge in [-0.2, -0.15) is 9.78 Å². The van der Waals surface area contributed by atoms with Crippen molar-refractivity contribution in [3.63, 3.8) is 0 Å². The maximum absolute atomic E-state index is 13.1. The summed E-state index contributed by atoms with van der Waals surface area (Å²) in [6.07, 6.45) is 2.29. The number of benzene rings is 3. The zero-order valence-corrected chi connectivity index (χ0v) is 23.0. The van der Waals surface area contributed by atoms with E-state index in [1.165, 1.54) is 4.68 Å². The predicted molar refractivity (Wildman–Crippen MR) is 149 cm³/mol. The Morgan fingerprint density at radius 2 is 1.81 bits per heavy atom. The highest BCUT2D eigenvalue weighted by molar-refractivity contribution is 14.1. The Balaban J connectivity index is 1.64. The molecule has 0 amide bonds. The van der Waals surface area contributed by atoms with Crippen molar-refractivity contribution in [2.75, 3.05) is 0 Å². The van der Waals surface area contributed by atoms with E-state index in [-0.39, 0.29) is 5.56 Å². The van der Waals surface area contributed by atoms with Crippen molar-refractivity contribution in [3.05, 3.63) is 99.6 Å². The fourth-order valence-corrected chi connectivity index (χ4v) is 5.68. The number of fused-ring (bicyclic) bond motifs is 1. The second-order valence-corrected chi connectivity index (χ2v) is 10.2. The van der Waals surface area contributed by atoms with Gasteiger partial charge in [0, 0.05) is 10.9 Å². The van der Waals surface area contributed by atoms with Crippen LogP contribution < -0.4 is 10.3 Å². The largest absolute Gasteiger partial charge is 0.487 e. The summed E-state index contributed by atoms with van der Waals surface area (Å²) in [6, 6.07) is 19.6. The predicted octanol–water partition coefficient (Wildman–Crippen LogP) is 6.39. The third kappa shape index (κ3) is 5.23. The van der Waals surface area contributed by atoms with E-state index < -0.39 is 0 Å². The lowest BCUT2D eigenvalue weighted by Gasteiger charge is -2.12. The van der Waals surface area contributed by atoms with Gasteiger partial charge in [-0.1, -0.05) is 53.2 Å². The Bertz CT molecular complexity index is 1350. The van der Waals surface area contributed by atoms with Crippen LogP contribution >= 0.6 is 61.1 Å². The quantitative estimate of drug-likeness (QED) is 0.172. The van der Waals surface area contributed by atoms with Gasteiger partial charge in [0.15, 0.2) is 0 Å². The van der Waals surface area contributed by atoms with E-state index in [1.807, 2.05) is 61.5 Å². The zero-order valence-electron chi connectivity index (χ0n) is 17.1. The van der Waals surface area contributed by atoms with Gasteiger partial charge in [-0.05, 0) is 86.6 Å². The highest BCUT2D eigenvalue weighted by atomic mass is 127. The number of nitrogens with zero attached hydrogens (tertiary/aromatic N) is 3. The molecule has 0 aliphatic rings. The molecule has 0 bridgehead atoms. The van der Waals surface area contributed by atoms with Crippen molar-refractivity contribution in [2.45, 2.75) is 20.0 Å². The first-order valence-corrected chi connectivity index (χ1v) is 12.8. The van der Waals surface area contributed by atoms with Crippen molar-refractivity contribution in [1.29, 1.82) is 0 Å². The van der Waals surface area contributed by atoms with Crippen molar-refractivity contribution >= 4 is 78.2 Å². The fraction of sp³-hybridized carbons (Fsp3) is 0.125. The third-order valence-electron chi connectivity index (χ3n) is 4.76. The Kier molecular flexibility index (Phi) is 7.62. The number of aryl methyl sites for hydroxylation is 1. The summed E-state index contributed by atoms with van der Waals surface area (Å²) < 4.78 is 10.2. The van der Waals surface area contributed by atoms with E-state index >= 15 is 0 Å². The average molecular weight is 714 g/mol. The molecule has 0 aliphatic carbocycles. The van der Waals surface area contributed by atoms with E-state index in [4.69, 9.17) is 4.74 Å². The number of hydrogen-bond donors (Lipinski definition) is 0. The van der Waals surface area contributed by atoms with Gasteiger partial charge in [0.1, 0.15) is 18.2 Å². The lowest BCUT2D eigenvalue weighted by Crippen LogP contribution is -2.22. The molecule has 8 heteroatoms. The van der Waals surface area contributed by atoms with Crippen LogP contribution in [0.3, 0.4) is 0 Å². The van der Waals surface area contributed by atoms with E-state index in [0.29, 0.717) is 29.8 Å². The van der Waals surface area contributed by atoms with Crippen LogP contribution in [0.15, 0.2) is 75.0 Å². The van der Waals surface area contributed by atoms with Gasteiger partial charge in [0.05, 0.1) is 24.3 Å². The molecule has 0 atom stereocenters. The lowest BCUT2D eigenvalue weighted by atomic mass is 10.2. The molecular weight excluding hydrogens is 696 g/mol. The Morgan fingerprint density at radius 1 is 1.09 bits per heavy atom. The molecule has 0 unspecified atom stereocenters. The highest BCUT2D eigenvalue weighted by Gasteiger charge is 2.11. The summed E-state index contributed by atoms with van der Waals surface area (Å²) in [5.41, 5.74) is 2.49. The van der Waals surface area contributed by atoms with Crippen LogP contribution in [0.1, 0.15) is 23.9 Å². The second kappa shape index (κ2) is 10.4. The summed E-state index contributed by atoms with van der Waals surface area (Å²) in [7, 11) is 0. The normalized spacial score (nSPS) is 11.4. The molecule has 1 aromatic heterocycles. The molecule has 3 aromatic carbocycles. The number of rotatable bonds is 6. The SMILES string of the molecule is CCc1nc2ccc(Br)cc2c(=O)n1N=Cc1cc(I)c(OCc2ccccc2)c(I)c1. The summed E-state index contributed by atoms with van der Waals surface area (Å²) in [4.78, 5) is 17.7. The molecule has 162 valence electrons. The third-order valence-corrected chi connectivity index (χ3v) is 6.86. The molecule has 0 aliphatic heterocycles. The van der Waals surface area contributed by atoms with Crippen molar-refractivity contribution in [1.82, 2.24) is 9.66 Å². The first kappa shape index (κ1) is 23.4. The molecule has 0 spiro atoms. The maximum atomic E-state index is 13.1. The molecule has 0 radical (unpaired) electrons. The molecule has 1 heterocycles. The van der Waals surface area contributed by atoms with Crippen LogP contribution in [0.4, 0.5) is 0 Å². The smallest absolute Gasteiger partial charge is 0.282 e. The van der Waals surface area contributed by atoms with Gasteiger partial charge in [-0.3, -0.25) is 4.79 Å². The van der Waals surface area contributed by atoms with Crippen LogP contribution in [0, 0.1) is 7.14 Å². The molecule has 0 saturated carbocycles. The molecule has 4 aromatic rings. The molecule has 4 rings (SSSR count). The van der Waals surface area contributed by atoms with Gasteiger partial charge < -0.3 is 4.74 Å². The lowest BCUT2D eigenvalue weighted by molar-refractivity contribution is 0.302. The Hall–Kier alpha value is -1.79. The summed E-state index contributed by atoms with van der Waals surface area (Å²) in [5.74, 6) is 1.46. The maximum Gasteiger partial charge on any atom is 0.282 e. The standard InChI is InChI=1S/C24H18BrI2N3O2/c1-2-22-29-21-9-8-17(25)12-18(21)24(31)30(22)28-13-16-10-19(26)23(20(27)11-16)32-14-15-6-4-3-5-7-15/h3-13H,2,14H2,1H3. The Labute approximate surface area is 221 Å². The van der Waals surface area contributed by atoms with E-state index in [9.17, 15) is 4.79 Å². The van der Waals surface area contributed by atoms with Crippen LogP contribution in [-0.4, -0.2) is 15.9 Å². The minimum atomic E-state index is -0.184. The van der Waals surface area contributed by atoms with Crippen molar-refractivity contribution in [2.24, 2.45) is 5.10 Å². The molecule has 32 heavy (non-hydrogen) atoms. The minimum Gasteiger partial charge on any atom is -0.487 e. The summed E-state index contributed by atoms with van der Waals surface area (Å²) in [6.45, 7) is 2.47. The number of halogens is 3. The minimum absolute atomic E-state index is 0.184. The zero-order chi connectivity index (χ0) is 22.7. The average Bonchev–Trinajstić information content (AvgIpc) is 2.79. The van der Waals surface area contributed by atoms with E-state index in [2.05, 4.69) is 71.2 Å². The van der Waals surface area contributed by atoms with Gasteiger partial charge >= 0.3 is 0 Å². The Morgan fingerprint density at radius 3 is 2.50 bits per heavy atom. The number of aromatic nitrogens is 2. The van der Waals surface area contributed by atoms with E-state index in [0.717, 1.165) is 28.5 Å². The second-order valence-electron chi connectivity index (χ2n) is 6.99. The van der Waals surface area contributed by atoms with Crippen LogP contribution in [0.5, 0.6) is 5.75 Å². The van der Waals surface area contributed by atoms with Crippen LogP contribution in [-0.2, 0) is 13.0 Å². The summed E-state index contributed by atoms with van der Waals surface area (Å²) in [5, 5.41) is 5.02. The molecule has 0 saturated heterocycles. The number of hydrogen-bond acceptors (Lipinski definition) is 4. The van der Waals surface area contributed by atoms with Crippen LogP contribution in [0.2, 0.25) is 0 Å². The van der Waals surface area contributed by atoms with Crippen molar-refractivity contribution in [3.8, 4) is 5.75 Å². The van der Waals surface area contributed by atoms with Crippen molar-refractivity contribution < 1.29 is 4.74 Å². The first-order chi connectivity index (χ1) is 15.5. The molecule has 0 fully saturated rings. The topological polar surface area (TPSA) is 56.5 Å². The highest BCUT2D eigenvalue weighted by Crippen LogP contribution is 2.29. The first-order valence-electron chi connectivity index (χ1n) is 9.87. The fourth-order valence-electron chi connectivity index (χ4n) is 3.19. The molecule has 5 nitrogen and oxygen atoms in total.